The van der Waals surface area contributed by atoms with Gasteiger partial charge in [0.2, 0.25) is 0 Å². The van der Waals surface area contributed by atoms with Gasteiger partial charge in [0.25, 0.3) is 0 Å². The molecule has 82 heavy (non-hydrogen) atoms. The molecule has 0 atom stereocenters. The topological polar surface area (TPSA) is 116 Å². The van der Waals surface area contributed by atoms with Crippen molar-refractivity contribution in [2.75, 3.05) is 27.8 Å². The molecule has 1 aliphatic rings. The summed E-state index contributed by atoms with van der Waals surface area (Å²) < 4.78 is 9.00. The van der Waals surface area contributed by atoms with Crippen LogP contribution in [0.3, 0.4) is 0 Å². The summed E-state index contributed by atoms with van der Waals surface area (Å²) >= 11 is 0. The first-order valence-electron chi connectivity index (χ1n) is 27.4. The fraction of sp³-hybridized carbons (Fsp3) is 0.108. The van der Waals surface area contributed by atoms with Gasteiger partial charge in [0, 0.05) is 25.3 Å². The number of hydrogen-bond acceptors (Lipinski definition) is 6. The van der Waals surface area contributed by atoms with E-state index in [1.54, 1.807) is 0 Å². The number of aromatic amines is 2. The van der Waals surface area contributed by atoms with E-state index in [4.69, 9.17) is 20.2 Å². The van der Waals surface area contributed by atoms with Crippen LogP contribution in [0, 0.1) is 27.7 Å². The Bertz CT molecular complexity index is 3580. The Labute approximate surface area is 481 Å². The average Bonchev–Trinajstić information content (AvgIpc) is 4.26. The third kappa shape index (κ3) is 13.5. The molecule has 0 amide bonds. The highest BCUT2D eigenvalue weighted by atomic mass is 16.8. The minimum atomic E-state index is 0.500. The van der Waals surface area contributed by atoms with E-state index in [2.05, 4.69) is 302 Å². The second kappa shape index (κ2) is 28.1. The molecular formula is C74H68N4O4. The minimum absolute atomic E-state index is 0.500. The molecule has 8 nitrogen and oxygen atoms in total. The lowest BCUT2D eigenvalue weighted by Crippen LogP contribution is -2.14. The molecule has 3 heterocycles. The van der Waals surface area contributed by atoms with Crippen LogP contribution in [0.2, 0.25) is 0 Å². The number of H-pyrrole nitrogens is 2. The highest BCUT2D eigenvalue weighted by Gasteiger charge is 2.19. The fourth-order valence-electron chi connectivity index (χ4n) is 9.94. The molecule has 8 heteroatoms. The van der Waals surface area contributed by atoms with Crippen LogP contribution in [0.25, 0.3) is 67.1 Å². The minimum Gasteiger partial charge on any atom is -0.400 e. The van der Waals surface area contributed by atoms with Gasteiger partial charge in [-0.3, -0.25) is 0 Å². The molecular weight excluding hydrogens is 1010 g/mol. The number of aromatic nitrogens is 4. The first-order chi connectivity index (χ1) is 40.3. The van der Waals surface area contributed by atoms with Gasteiger partial charge < -0.3 is 29.7 Å². The van der Waals surface area contributed by atoms with E-state index >= 15 is 0 Å². The number of hydrogen-bond donors (Lipinski definition) is 4. The Morgan fingerprint density at radius 3 is 0.732 bits per heavy atom. The van der Waals surface area contributed by atoms with Gasteiger partial charge in [-0.15, -0.1) is 0 Å². The molecule has 408 valence electrons. The van der Waals surface area contributed by atoms with Crippen LogP contribution in [0.5, 0.6) is 0 Å². The molecule has 0 bridgehead atoms. The van der Waals surface area contributed by atoms with Crippen LogP contribution in [-0.4, -0.2) is 58.0 Å². The summed E-state index contributed by atoms with van der Waals surface area (Å²) in [4.78, 5) is 16.8. The van der Waals surface area contributed by atoms with Crippen molar-refractivity contribution in [3.8, 4) is 22.8 Å². The van der Waals surface area contributed by atoms with Crippen LogP contribution < -0.4 is 0 Å². The van der Waals surface area contributed by atoms with Gasteiger partial charge in [0.1, 0.15) is 11.6 Å². The number of aliphatic hydroxyl groups excluding tert-OH is 2. The van der Waals surface area contributed by atoms with Crippen LogP contribution in [0.4, 0.5) is 0 Å². The summed E-state index contributed by atoms with van der Waals surface area (Å²) in [5.41, 5.74) is 25.7. The first-order valence-corrected chi connectivity index (χ1v) is 27.4. The number of benzene rings is 10. The van der Waals surface area contributed by atoms with E-state index < -0.39 is 0 Å². The molecule has 0 saturated carbocycles. The Kier molecular flexibility index (Phi) is 19.6. The van der Waals surface area contributed by atoms with Crippen molar-refractivity contribution < 1.29 is 19.7 Å². The van der Waals surface area contributed by atoms with Gasteiger partial charge in [0.15, 0.2) is 13.6 Å². The summed E-state index contributed by atoms with van der Waals surface area (Å²) in [6.07, 6.45) is 0. The molecule has 2 aromatic heterocycles. The number of fused-ring (bicyclic) bond motifs is 2. The maximum Gasteiger partial charge on any atom is 0.152 e. The molecule has 1 aliphatic heterocycles. The van der Waals surface area contributed by atoms with Crippen molar-refractivity contribution >= 4 is 44.4 Å². The summed E-state index contributed by atoms with van der Waals surface area (Å²) in [5.74, 6) is 1.78. The fourth-order valence-corrected chi connectivity index (χ4v) is 9.94. The molecule has 1 saturated heterocycles. The standard InChI is InChI=1S/2C35H28N2.C2H4O2.2CH4O/c2*1-24-22-31-32(23-25(24)2)37-35(36-31)30-20-18-29(19-21-30)34(28-16-10-5-11-17-28)33(26-12-6-3-7-13-26)27-14-8-4-9-15-27;1-3-2-4-1;2*1-2/h2*3-23H,1-2H3,(H,36,37);1-2H2;2*2H,1H3. The maximum atomic E-state index is 7.00. The lowest BCUT2D eigenvalue weighted by molar-refractivity contribution is -0.247. The molecule has 10 aromatic carbocycles. The summed E-state index contributed by atoms with van der Waals surface area (Å²) in [6, 6.07) is 90.2. The average molecular weight is 1080 g/mol. The summed E-state index contributed by atoms with van der Waals surface area (Å²) in [5, 5.41) is 14.0. The lowest BCUT2D eigenvalue weighted by atomic mass is 9.85. The maximum absolute atomic E-state index is 7.00. The third-order valence-corrected chi connectivity index (χ3v) is 14.3. The Hall–Kier alpha value is -9.54. The molecule has 0 spiro atoms. The van der Waals surface area contributed by atoms with Crippen LogP contribution in [0.1, 0.15) is 66.8 Å². The predicted molar refractivity (Wildman–Crippen MR) is 339 cm³/mol. The van der Waals surface area contributed by atoms with Crippen LogP contribution >= 0.6 is 0 Å². The van der Waals surface area contributed by atoms with Crippen molar-refractivity contribution in [2.45, 2.75) is 27.7 Å². The Balaban J connectivity index is 0.000000175. The summed E-state index contributed by atoms with van der Waals surface area (Å²) in [7, 11) is 2.00. The van der Waals surface area contributed by atoms with Gasteiger partial charge in [-0.2, -0.15) is 0 Å². The number of nitrogens with one attached hydrogen (secondary N) is 2. The Morgan fingerprint density at radius 1 is 0.305 bits per heavy atom. The zero-order valence-corrected chi connectivity index (χ0v) is 47.3. The highest BCUT2D eigenvalue weighted by Crippen LogP contribution is 2.39. The normalized spacial score (nSPS) is 11.2. The molecule has 13 rings (SSSR count). The summed E-state index contributed by atoms with van der Waals surface area (Å²) in [6.45, 7) is 9.54. The number of aliphatic hydroxyl groups is 2. The SMILES string of the molecule is C1OCO1.CO.CO.Cc1cc2nc(-c3ccc(C(=C(c4ccccc4)c4ccccc4)c4ccccc4)cc3)[nH]c2cc1C.Cc1cc2nc(-c3ccc(C(=C(c4ccccc4)c4ccccc4)c4ccccc4)cc3)[nH]c2cc1C. The van der Waals surface area contributed by atoms with E-state index in [-0.39, 0.29) is 0 Å². The largest absolute Gasteiger partial charge is 0.400 e. The molecule has 0 aliphatic carbocycles. The molecule has 0 radical (unpaired) electrons. The van der Waals surface area contributed by atoms with Gasteiger partial charge in [0.05, 0.1) is 22.1 Å². The van der Waals surface area contributed by atoms with Crippen molar-refractivity contribution in [1.82, 2.24) is 19.9 Å². The number of ether oxygens (including phenoxy) is 2. The zero-order chi connectivity index (χ0) is 57.2. The van der Waals surface area contributed by atoms with Crippen LogP contribution in [0.15, 0.2) is 255 Å². The second-order valence-corrected chi connectivity index (χ2v) is 19.6. The van der Waals surface area contributed by atoms with Gasteiger partial charge in [-0.05, 0) is 141 Å². The molecule has 0 unspecified atom stereocenters. The smallest absolute Gasteiger partial charge is 0.152 e. The third-order valence-electron chi connectivity index (χ3n) is 14.3. The van der Waals surface area contributed by atoms with Crippen molar-refractivity contribution in [3.63, 3.8) is 0 Å². The molecule has 12 aromatic rings. The van der Waals surface area contributed by atoms with Crippen molar-refractivity contribution in [1.29, 1.82) is 0 Å². The van der Waals surface area contributed by atoms with Crippen LogP contribution in [-0.2, 0) is 9.47 Å². The van der Waals surface area contributed by atoms with E-state index in [1.807, 2.05) is 0 Å². The first kappa shape index (κ1) is 57.2. The molecule has 4 N–H and O–H groups in total. The van der Waals surface area contributed by atoms with Crippen molar-refractivity contribution in [3.05, 3.63) is 322 Å². The second-order valence-electron chi connectivity index (χ2n) is 19.6. The zero-order valence-electron chi connectivity index (χ0n) is 47.3. The van der Waals surface area contributed by atoms with E-state index in [1.165, 1.54) is 89.1 Å². The monoisotopic (exact) mass is 1080 g/mol. The van der Waals surface area contributed by atoms with Crippen molar-refractivity contribution in [2.24, 2.45) is 0 Å². The number of rotatable bonds is 10. The number of aryl methyl sites for hydroxylation is 4. The van der Waals surface area contributed by atoms with E-state index in [0.717, 1.165) is 59.1 Å². The highest BCUT2D eigenvalue weighted by molar-refractivity contribution is 6.06. The van der Waals surface area contributed by atoms with Gasteiger partial charge in [-0.25, -0.2) is 9.97 Å². The Morgan fingerprint density at radius 2 is 0.512 bits per heavy atom. The van der Waals surface area contributed by atoms with Gasteiger partial charge >= 0.3 is 0 Å². The quantitative estimate of drug-likeness (QED) is 0.101. The van der Waals surface area contributed by atoms with E-state index in [9.17, 15) is 0 Å². The number of nitrogens with zero attached hydrogens (tertiary/aromatic N) is 2. The molecule has 1 fully saturated rings. The van der Waals surface area contributed by atoms with Gasteiger partial charge in [-0.1, -0.05) is 231 Å². The number of imidazole rings is 2. The lowest BCUT2D eigenvalue weighted by Gasteiger charge is -2.18. The van der Waals surface area contributed by atoms with E-state index in [0.29, 0.717) is 13.6 Å². The predicted octanol–water partition coefficient (Wildman–Crippen LogP) is 16.9.